The number of benzene rings is 1. The quantitative estimate of drug-likeness (QED) is 0.493. The van der Waals surface area contributed by atoms with E-state index >= 15 is 0 Å². The lowest BCUT2D eigenvalue weighted by atomic mass is 9.94. The van der Waals surface area contributed by atoms with Gasteiger partial charge >= 0.3 is 0 Å². The molecule has 84 valence electrons. The van der Waals surface area contributed by atoms with Gasteiger partial charge in [0.05, 0.1) is 6.42 Å². The highest BCUT2D eigenvalue weighted by atomic mass is 15.1. The zero-order chi connectivity index (χ0) is 11.8. The van der Waals surface area contributed by atoms with Crippen molar-refractivity contribution in [2.75, 3.05) is 0 Å². The molecule has 0 unspecified atom stereocenters. The Hall–Kier alpha value is -1.37. The normalized spacial score (nSPS) is 21.2. The minimum absolute atomic E-state index is 0.114. The highest BCUT2D eigenvalue weighted by molar-refractivity contribution is 5.63. The fraction of sp³-hybridized carbons (Fsp3) is 0.400. The summed E-state index contributed by atoms with van der Waals surface area (Å²) in [4.78, 5) is 0. The zero-order valence-electron chi connectivity index (χ0n) is 10.6. The van der Waals surface area contributed by atoms with Crippen molar-refractivity contribution in [2.45, 2.75) is 39.7 Å². The highest BCUT2D eigenvalue weighted by Crippen LogP contribution is 2.33. The first-order valence-corrected chi connectivity index (χ1v) is 5.90. The Bertz CT molecular complexity index is 464. The Labute approximate surface area is 98.1 Å². The molecule has 1 aliphatic rings. The van der Waals surface area contributed by atoms with Crippen LogP contribution >= 0.6 is 0 Å². The summed E-state index contributed by atoms with van der Waals surface area (Å²) < 4.78 is 2.38. The molecule has 1 nitrogen and oxygen atoms in total. The molecule has 0 N–H and O–H groups in total. The van der Waals surface area contributed by atoms with Gasteiger partial charge in [-0.15, -0.1) is 0 Å². The van der Waals surface area contributed by atoms with Gasteiger partial charge in [0.25, 0.3) is 0 Å². The lowest BCUT2D eigenvalue weighted by molar-refractivity contribution is -0.501. The Morgan fingerprint density at radius 1 is 1.31 bits per heavy atom. The maximum atomic E-state index is 2.38. The summed E-state index contributed by atoms with van der Waals surface area (Å²) in [5.74, 6) is 0. The van der Waals surface area contributed by atoms with Crippen molar-refractivity contribution >= 4 is 11.9 Å². The standard InChI is InChI=1S/C15H20N/c1-5-13-9-10-16(15(13,3)4)14-8-6-7-12(2)11-14/h5-8,10-11H,9H2,1-4H3/q+1/b13-5+. The average molecular weight is 214 g/mol. The third kappa shape index (κ3) is 1.71. The molecule has 0 aliphatic carbocycles. The molecule has 1 heterocycles. The molecular formula is C15H20N+. The van der Waals surface area contributed by atoms with Crippen molar-refractivity contribution in [3.8, 4) is 0 Å². The largest absolute Gasteiger partial charge is 0.205 e. The van der Waals surface area contributed by atoms with Gasteiger partial charge < -0.3 is 0 Å². The van der Waals surface area contributed by atoms with E-state index in [4.69, 9.17) is 0 Å². The fourth-order valence-corrected chi connectivity index (χ4v) is 2.50. The number of aryl methyl sites for hydroxylation is 1. The van der Waals surface area contributed by atoms with Crippen LogP contribution < -0.4 is 0 Å². The van der Waals surface area contributed by atoms with Gasteiger partial charge in [0.2, 0.25) is 5.69 Å². The molecule has 1 heteroatoms. The van der Waals surface area contributed by atoms with Gasteiger partial charge in [0.15, 0.2) is 11.8 Å². The molecule has 0 saturated carbocycles. The lowest BCUT2D eigenvalue weighted by Gasteiger charge is -2.19. The molecule has 0 fully saturated rings. The molecule has 16 heavy (non-hydrogen) atoms. The molecule has 0 spiro atoms. The van der Waals surface area contributed by atoms with E-state index in [0.717, 1.165) is 6.42 Å². The Balaban J connectivity index is 2.44. The fourth-order valence-electron chi connectivity index (χ4n) is 2.50. The van der Waals surface area contributed by atoms with Crippen LogP contribution in [-0.4, -0.2) is 16.3 Å². The van der Waals surface area contributed by atoms with E-state index in [9.17, 15) is 0 Å². The first-order chi connectivity index (χ1) is 7.55. The maximum Gasteiger partial charge on any atom is 0.205 e. The second-order valence-electron chi connectivity index (χ2n) is 4.97. The van der Waals surface area contributed by atoms with Crippen LogP contribution in [0.15, 0.2) is 35.9 Å². The SMILES string of the molecule is C/C=C1\CC=[N+](c2cccc(C)c2)C1(C)C. The molecule has 0 radical (unpaired) electrons. The van der Waals surface area contributed by atoms with E-state index in [-0.39, 0.29) is 5.54 Å². The third-order valence-corrected chi connectivity index (χ3v) is 3.51. The summed E-state index contributed by atoms with van der Waals surface area (Å²) in [6, 6.07) is 8.70. The molecule has 0 aromatic heterocycles. The number of allylic oxidation sites excluding steroid dienone is 1. The highest BCUT2D eigenvalue weighted by Gasteiger charge is 2.40. The summed E-state index contributed by atoms with van der Waals surface area (Å²) >= 11 is 0. The maximum absolute atomic E-state index is 2.38. The second kappa shape index (κ2) is 3.89. The van der Waals surface area contributed by atoms with Crippen molar-refractivity contribution in [2.24, 2.45) is 0 Å². The molecule has 0 amide bonds. The summed E-state index contributed by atoms with van der Waals surface area (Å²) in [5, 5.41) is 0. The Kier molecular flexibility index (Phi) is 2.71. The van der Waals surface area contributed by atoms with Gasteiger partial charge in [0.1, 0.15) is 0 Å². The number of hydrogen-bond acceptors (Lipinski definition) is 0. The molecule has 1 aromatic rings. The minimum atomic E-state index is 0.114. The zero-order valence-corrected chi connectivity index (χ0v) is 10.6. The molecule has 2 rings (SSSR count). The van der Waals surface area contributed by atoms with E-state index in [1.807, 2.05) is 0 Å². The number of nitrogens with zero attached hydrogens (tertiary/aromatic N) is 1. The number of hydrogen-bond donors (Lipinski definition) is 0. The smallest absolute Gasteiger partial charge is 0.194 e. The molecule has 1 aromatic carbocycles. The van der Waals surface area contributed by atoms with Gasteiger partial charge in [-0.25, -0.2) is 0 Å². The van der Waals surface area contributed by atoms with Crippen molar-refractivity contribution in [1.29, 1.82) is 0 Å². The predicted octanol–water partition coefficient (Wildman–Crippen LogP) is 3.84. The van der Waals surface area contributed by atoms with Crippen LogP contribution in [0.5, 0.6) is 0 Å². The first kappa shape index (κ1) is 11.1. The van der Waals surface area contributed by atoms with Crippen LogP contribution in [0.2, 0.25) is 0 Å². The molecular weight excluding hydrogens is 194 g/mol. The van der Waals surface area contributed by atoms with Gasteiger partial charge in [0, 0.05) is 31.6 Å². The average Bonchev–Trinajstić information content (AvgIpc) is 2.53. The van der Waals surface area contributed by atoms with Crippen molar-refractivity contribution in [1.82, 2.24) is 0 Å². The van der Waals surface area contributed by atoms with E-state index in [1.54, 1.807) is 0 Å². The predicted molar refractivity (Wildman–Crippen MR) is 69.6 cm³/mol. The lowest BCUT2D eigenvalue weighted by Crippen LogP contribution is -2.30. The van der Waals surface area contributed by atoms with E-state index in [2.05, 4.69) is 68.8 Å². The first-order valence-electron chi connectivity index (χ1n) is 5.90. The summed E-state index contributed by atoms with van der Waals surface area (Å²) in [5.41, 5.74) is 4.22. The van der Waals surface area contributed by atoms with Crippen molar-refractivity contribution < 1.29 is 4.58 Å². The van der Waals surface area contributed by atoms with Gasteiger partial charge in [-0.1, -0.05) is 18.2 Å². The van der Waals surface area contributed by atoms with Crippen LogP contribution in [0, 0.1) is 6.92 Å². The topological polar surface area (TPSA) is 3.01 Å². The van der Waals surface area contributed by atoms with Crippen molar-refractivity contribution in [3.63, 3.8) is 0 Å². The summed E-state index contributed by atoms with van der Waals surface area (Å²) in [6.45, 7) is 8.84. The summed E-state index contributed by atoms with van der Waals surface area (Å²) in [6.07, 6.45) is 5.61. The van der Waals surface area contributed by atoms with E-state index in [1.165, 1.54) is 16.8 Å². The van der Waals surface area contributed by atoms with Crippen LogP contribution in [-0.2, 0) is 0 Å². The van der Waals surface area contributed by atoms with Crippen molar-refractivity contribution in [3.05, 3.63) is 41.5 Å². The van der Waals surface area contributed by atoms with Crippen LogP contribution in [0.3, 0.4) is 0 Å². The van der Waals surface area contributed by atoms with Crippen LogP contribution in [0.25, 0.3) is 0 Å². The monoisotopic (exact) mass is 214 g/mol. The van der Waals surface area contributed by atoms with Gasteiger partial charge in [-0.2, -0.15) is 4.58 Å². The van der Waals surface area contributed by atoms with Crippen LogP contribution in [0.1, 0.15) is 32.8 Å². The molecule has 0 atom stereocenters. The molecule has 0 saturated heterocycles. The van der Waals surface area contributed by atoms with Gasteiger partial charge in [-0.3, -0.25) is 0 Å². The van der Waals surface area contributed by atoms with Gasteiger partial charge in [-0.05, 0) is 19.4 Å². The number of rotatable bonds is 1. The van der Waals surface area contributed by atoms with E-state index < -0.39 is 0 Å². The minimum Gasteiger partial charge on any atom is -0.194 e. The molecule has 1 aliphatic heterocycles. The van der Waals surface area contributed by atoms with Crippen LogP contribution in [0.4, 0.5) is 5.69 Å². The second-order valence-corrected chi connectivity index (χ2v) is 4.97. The van der Waals surface area contributed by atoms with E-state index in [0.29, 0.717) is 0 Å². The Morgan fingerprint density at radius 3 is 2.62 bits per heavy atom. The third-order valence-electron chi connectivity index (χ3n) is 3.51. The molecule has 0 bridgehead atoms. The Morgan fingerprint density at radius 2 is 2.06 bits per heavy atom. The summed E-state index contributed by atoms with van der Waals surface area (Å²) in [7, 11) is 0.